The van der Waals surface area contributed by atoms with E-state index in [-0.39, 0.29) is 11.8 Å². The van der Waals surface area contributed by atoms with Crippen LogP contribution < -0.4 is 10.0 Å². The third kappa shape index (κ3) is 5.84. The zero-order valence-electron chi connectivity index (χ0n) is 11.0. The van der Waals surface area contributed by atoms with E-state index in [0.717, 1.165) is 25.8 Å². The van der Waals surface area contributed by atoms with Crippen LogP contribution in [0.3, 0.4) is 0 Å². The molecule has 0 aliphatic heterocycles. The van der Waals surface area contributed by atoms with Crippen LogP contribution in [-0.4, -0.2) is 33.3 Å². The lowest BCUT2D eigenvalue weighted by molar-refractivity contribution is 0.399. The van der Waals surface area contributed by atoms with Crippen molar-refractivity contribution in [3.05, 3.63) is 0 Å². The maximum absolute atomic E-state index is 11.9. The molecule has 0 aromatic heterocycles. The van der Waals surface area contributed by atoms with Gasteiger partial charge in [-0.25, -0.2) is 13.1 Å². The molecule has 2 N–H and O–H groups in total. The molecule has 1 rings (SSSR count). The molecule has 1 saturated carbocycles. The molecule has 1 fully saturated rings. The van der Waals surface area contributed by atoms with E-state index in [1.807, 2.05) is 6.92 Å². The third-order valence-corrected chi connectivity index (χ3v) is 4.89. The minimum atomic E-state index is -3.12. The Labute approximate surface area is 106 Å². The summed E-state index contributed by atoms with van der Waals surface area (Å²) in [4.78, 5) is 0. The first kappa shape index (κ1) is 14.9. The molecule has 0 heterocycles. The highest BCUT2D eigenvalue weighted by atomic mass is 32.2. The van der Waals surface area contributed by atoms with Gasteiger partial charge in [0.1, 0.15) is 0 Å². The Morgan fingerprint density at radius 2 is 1.88 bits per heavy atom. The molecule has 0 amide bonds. The maximum atomic E-state index is 11.9. The fourth-order valence-electron chi connectivity index (χ4n) is 2.34. The normalized spacial score (nSPS) is 26.7. The molecule has 0 bridgehead atoms. The fourth-order valence-corrected chi connectivity index (χ4v) is 3.68. The van der Waals surface area contributed by atoms with Crippen LogP contribution in [-0.2, 0) is 10.0 Å². The molecule has 5 heteroatoms. The van der Waals surface area contributed by atoms with Crippen molar-refractivity contribution >= 4 is 10.0 Å². The first-order valence-corrected chi connectivity index (χ1v) is 8.41. The quantitative estimate of drug-likeness (QED) is 0.563. The Kier molecular flexibility index (Phi) is 6.44. The highest BCUT2D eigenvalue weighted by Gasteiger charge is 2.24. The second-order valence-corrected chi connectivity index (χ2v) is 6.89. The van der Waals surface area contributed by atoms with Crippen molar-refractivity contribution in [2.24, 2.45) is 5.92 Å². The molecule has 0 aromatic carbocycles. The minimum absolute atomic E-state index is 0.143. The monoisotopic (exact) mass is 262 g/mol. The lowest BCUT2D eigenvalue weighted by Gasteiger charge is -2.22. The van der Waals surface area contributed by atoms with Gasteiger partial charge in [0.15, 0.2) is 0 Å². The molecular formula is C12H26N2O2S. The highest BCUT2D eigenvalue weighted by molar-refractivity contribution is 7.89. The molecule has 2 atom stereocenters. The van der Waals surface area contributed by atoms with Gasteiger partial charge in [0.2, 0.25) is 10.0 Å². The predicted molar refractivity (Wildman–Crippen MR) is 71.5 cm³/mol. The van der Waals surface area contributed by atoms with E-state index >= 15 is 0 Å². The van der Waals surface area contributed by atoms with Gasteiger partial charge in [-0.2, -0.15) is 0 Å². The van der Waals surface area contributed by atoms with E-state index in [0.29, 0.717) is 12.5 Å². The van der Waals surface area contributed by atoms with Crippen molar-refractivity contribution in [3.8, 4) is 0 Å². The smallest absolute Gasteiger partial charge is 0.213 e. The van der Waals surface area contributed by atoms with Gasteiger partial charge >= 0.3 is 0 Å². The van der Waals surface area contributed by atoms with Crippen LogP contribution in [0, 0.1) is 5.92 Å². The second kappa shape index (κ2) is 7.34. The van der Waals surface area contributed by atoms with Crippen molar-refractivity contribution < 1.29 is 8.42 Å². The second-order valence-electron chi connectivity index (χ2n) is 5.01. The van der Waals surface area contributed by atoms with E-state index < -0.39 is 10.0 Å². The van der Waals surface area contributed by atoms with Crippen molar-refractivity contribution in [2.75, 3.05) is 18.8 Å². The molecule has 0 radical (unpaired) electrons. The lowest BCUT2D eigenvalue weighted by atomic mass is 9.98. The van der Waals surface area contributed by atoms with E-state index in [1.165, 1.54) is 12.8 Å². The highest BCUT2D eigenvalue weighted by Crippen LogP contribution is 2.23. The van der Waals surface area contributed by atoms with Crippen molar-refractivity contribution in [2.45, 2.75) is 52.0 Å². The van der Waals surface area contributed by atoms with Gasteiger partial charge in [-0.3, -0.25) is 0 Å². The van der Waals surface area contributed by atoms with Crippen LogP contribution >= 0.6 is 0 Å². The van der Waals surface area contributed by atoms with E-state index in [2.05, 4.69) is 17.0 Å². The predicted octanol–water partition coefficient (Wildman–Crippen LogP) is 1.48. The summed E-state index contributed by atoms with van der Waals surface area (Å²) in [5.74, 6) is 0.649. The standard InChI is InChI=1S/C12H26N2O2S/c1-3-13-9-10-17(15,16)14-12-8-6-4-5-7-11(12)2/h11-14H,3-10H2,1-2H3. The summed E-state index contributed by atoms with van der Waals surface area (Å²) < 4.78 is 26.6. The van der Waals surface area contributed by atoms with Crippen LogP contribution in [0.4, 0.5) is 0 Å². The molecule has 17 heavy (non-hydrogen) atoms. The topological polar surface area (TPSA) is 58.2 Å². The Hall–Kier alpha value is -0.130. The summed E-state index contributed by atoms with van der Waals surface area (Å²) in [5.41, 5.74) is 0. The van der Waals surface area contributed by atoms with Gasteiger partial charge in [-0.05, 0) is 25.3 Å². The van der Waals surface area contributed by atoms with Gasteiger partial charge in [0.05, 0.1) is 5.75 Å². The Morgan fingerprint density at radius 1 is 1.18 bits per heavy atom. The molecule has 1 aliphatic carbocycles. The molecule has 1 aliphatic rings. The van der Waals surface area contributed by atoms with Crippen molar-refractivity contribution in [1.29, 1.82) is 0 Å². The molecule has 0 aromatic rings. The zero-order chi connectivity index (χ0) is 12.7. The number of nitrogens with one attached hydrogen (secondary N) is 2. The summed E-state index contributed by atoms with van der Waals surface area (Å²) in [6.07, 6.45) is 5.74. The lowest BCUT2D eigenvalue weighted by Crippen LogP contribution is -2.41. The number of sulfonamides is 1. The Balaban J connectivity index is 2.44. The molecule has 0 saturated heterocycles. The summed E-state index contributed by atoms with van der Waals surface area (Å²) in [6.45, 7) is 5.48. The Morgan fingerprint density at radius 3 is 2.59 bits per heavy atom. The summed E-state index contributed by atoms with van der Waals surface area (Å²) in [7, 11) is -3.12. The largest absolute Gasteiger partial charge is 0.316 e. The van der Waals surface area contributed by atoms with Crippen LogP contribution in [0.1, 0.15) is 46.0 Å². The fraction of sp³-hybridized carbons (Fsp3) is 1.00. The average molecular weight is 262 g/mol. The third-order valence-electron chi connectivity index (χ3n) is 3.49. The van der Waals surface area contributed by atoms with E-state index in [4.69, 9.17) is 0 Å². The van der Waals surface area contributed by atoms with Gasteiger partial charge < -0.3 is 5.32 Å². The van der Waals surface area contributed by atoms with Crippen LogP contribution in [0.2, 0.25) is 0 Å². The summed E-state index contributed by atoms with van der Waals surface area (Å²) in [6, 6.07) is 0.143. The SMILES string of the molecule is CCNCCS(=O)(=O)NC1CCCCCC1C. The Bertz CT molecular complexity index is 304. The van der Waals surface area contributed by atoms with E-state index in [9.17, 15) is 8.42 Å². The first-order chi connectivity index (χ1) is 8.05. The molecule has 4 nitrogen and oxygen atoms in total. The van der Waals surface area contributed by atoms with Crippen molar-refractivity contribution in [1.82, 2.24) is 10.0 Å². The summed E-state index contributed by atoms with van der Waals surface area (Å²) in [5, 5.41) is 3.05. The zero-order valence-corrected chi connectivity index (χ0v) is 11.9. The van der Waals surface area contributed by atoms with Gasteiger partial charge in [-0.1, -0.05) is 33.1 Å². The number of hydrogen-bond acceptors (Lipinski definition) is 3. The number of rotatable bonds is 6. The van der Waals surface area contributed by atoms with E-state index in [1.54, 1.807) is 0 Å². The van der Waals surface area contributed by atoms with Gasteiger partial charge in [0.25, 0.3) is 0 Å². The summed E-state index contributed by atoms with van der Waals surface area (Å²) >= 11 is 0. The van der Waals surface area contributed by atoms with Gasteiger partial charge in [-0.15, -0.1) is 0 Å². The van der Waals surface area contributed by atoms with Crippen LogP contribution in [0.15, 0.2) is 0 Å². The van der Waals surface area contributed by atoms with Crippen LogP contribution in [0.25, 0.3) is 0 Å². The average Bonchev–Trinajstić information content (AvgIpc) is 2.44. The molecule has 102 valence electrons. The minimum Gasteiger partial charge on any atom is -0.316 e. The van der Waals surface area contributed by atoms with Crippen LogP contribution in [0.5, 0.6) is 0 Å². The van der Waals surface area contributed by atoms with Gasteiger partial charge in [0, 0.05) is 12.6 Å². The van der Waals surface area contributed by atoms with Crippen molar-refractivity contribution in [3.63, 3.8) is 0 Å². The first-order valence-electron chi connectivity index (χ1n) is 6.76. The number of hydrogen-bond donors (Lipinski definition) is 2. The molecule has 2 unspecified atom stereocenters. The molecular weight excluding hydrogens is 236 g/mol. The molecule has 0 spiro atoms. The maximum Gasteiger partial charge on any atom is 0.213 e.